The lowest BCUT2D eigenvalue weighted by atomic mass is 10.1. The lowest BCUT2D eigenvalue weighted by Gasteiger charge is -2.30. The number of benzene rings is 3. The van der Waals surface area contributed by atoms with Gasteiger partial charge in [-0.1, -0.05) is 55.9 Å². The molecule has 3 aromatic carbocycles. The molecule has 0 radical (unpaired) electrons. The summed E-state index contributed by atoms with van der Waals surface area (Å²) >= 11 is 1.55. The molecule has 1 N–H and O–H groups in total. The molecule has 8 heteroatoms. The fourth-order valence-corrected chi connectivity index (χ4v) is 5.78. The molecule has 3 aromatic rings. The Morgan fingerprint density at radius 1 is 1.03 bits per heavy atom. The zero-order valence-electron chi connectivity index (χ0n) is 18.6. The number of fused-ring (bicyclic) bond motifs is 1. The molecule has 4 rings (SSSR count). The first kappa shape index (κ1) is 23.1. The second-order valence-electron chi connectivity index (χ2n) is 8.17. The molecule has 1 heterocycles. The Balaban J connectivity index is 1.63. The Labute approximate surface area is 198 Å². The normalized spacial score (nSPS) is 14.5. The summed E-state index contributed by atoms with van der Waals surface area (Å²) in [6, 6.07) is 22.2. The molecule has 33 heavy (non-hydrogen) atoms. The highest BCUT2D eigenvalue weighted by atomic mass is 32.2. The summed E-state index contributed by atoms with van der Waals surface area (Å²) in [5.74, 6) is 0.362. The lowest BCUT2D eigenvalue weighted by molar-refractivity contribution is 0.102. The van der Waals surface area contributed by atoms with E-state index in [0.717, 1.165) is 9.79 Å². The van der Waals surface area contributed by atoms with E-state index in [9.17, 15) is 13.2 Å². The van der Waals surface area contributed by atoms with Gasteiger partial charge in [0.15, 0.2) is 0 Å². The minimum Gasteiger partial charge on any atom is -0.328 e. The standard InChI is InChI=1S/C25H25N3O3S2/c1-17(2)16-28-18(3)27-33(30,31)24-15-19(13-14-22(24)28)25(29)26-21-11-7-8-12-23(21)32-20-9-5-4-6-10-20/h4-15,17H,16H2,1-3H3,(H,26,29). The van der Waals surface area contributed by atoms with Gasteiger partial charge >= 0.3 is 0 Å². The van der Waals surface area contributed by atoms with Crippen molar-refractivity contribution >= 4 is 44.9 Å². The highest BCUT2D eigenvalue weighted by Gasteiger charge is 2.30. The van der Waals surface area contributed by atoms with Gasteiger partial charge in [-0.25, -0.2) is 0 Å². The molecule has 1 aliphatic rings. The molecule has 0 unspecified atom stereocenters. The van der Waals surface area contributed by atoms with Gasteiger partial charge in [0, 0.05) is 21.9 Å². The zero-order chi connectivity index (χ0) is 23.6. The van der Waals surface area contributed by atoms with Gasteiger partial charge in [-0.3, -0.25) is 4.79 Å². The highest BCUT2D eigenvalue weighted by molar-refractivity contribution is 7.99. The predicted molar refractivity (Wildman–Crippen MR) is 134 cm³/mol. The van der Waals surface area contributed by atoms with Gasteiger partial charge in [0.05, 0.1) is 11.4 Å². The average molecular weight is 480 g/mol. The number of hydrogen-bond acceptors (Lipinski definition) is 5. The van der Waals surface area contributed by atoms with Crippen LogP contribution in [0.1, 0.15) is 31.1 Å². The van der Waals surface area contributed by atoms with Gasteiger partial charge in [0.2, 0.25) is 0 Å². The van der Waals surface area contributed by atoms with E-state index in [1.807, 2.05) is 59.5 Å². The fraction of sp³-hybridized carbons (Fsp3) is 0.200. The van der Waals surface area contributed by atoms with Crippen molar-refractivity contribution < 1.29 is 13.2 Å². The van der Waals surface area contributed by atoms with Crippen molar-refractivity contribution in [3.63, 3.8) is 0 Å². The molecule has 1 amide bonds. The topological polar surface area (TPSA) is 78.8 Å². The Bertz CT molecular complexity index is 1320. The van der Waals surface area contributed by atoms with Crippen LogP contribution in [0.3, 0.4) is 0 Å². The molecular weight excluding hydrogens is 454 g/mol. The first-order chi connectivity index (χ1) is 15.7. The van der Waals surface area contributed by atoms with E-state index in [-0.39, 0.29) is 16.4 Å². The lowest BCUT2D eigenvalue weighted by Crippen LogP contribution is -2.36. The zero-order valence-corrected chi connectivity index (χ0v) is 20.3. The van der Waals surface area contributed by atoms with E-state index in [4.69, 9.17) is 0 Å². The van der Waals surface area contributed by atoms with Crippen molar-refractivity contribution in [2.24, 2.45) is 10.3 Å². The molecule has 0 aromatic heterocycles. The quantitative estimate of drug-likeness (QED) is 0.493. The van der Waals surface area contributed by atoms with Crippen molar-refractivity contribution in [2.75, 3.05) is 16.8 Å². The van der Waals surface area contributed by atoms with Crippen LogP contribution in [0.4, 0.5) is 11.4 Å². The largest absolute Gasteiger partial charge is 0.328 e. The maximum atomic E-state index is 13.1. The molecule has 0 saturated heterocycles. The number of nitrogens with zero attached hydrogens (tertiary/aromatic N) is 2. The summed E-state index contributed by atoms with van der Waals surface area (Å²) in [4.78, 5) is 17.0. The first-order valence-electron chi connectivity index (χ1n) is 10.6. The number of rotatable bonds is 6. The number of nitrogens with one attached hydrogen (secondary N) is 1. The Morgan fingerprint density at radius 3 is 2.45 bits per heavy atom. The molecule has 0 spiro atoms. The second-order valence-corrected chi connectivity index (χ2v) is 10.9. The van der Waals surface area contributed by atoms with Gasteiger partial charge in [-0.05, 0) is 55.3 Å². The maximum absolute atomic E-state index is 13.1. The van der Waals surface area contributed by atoms with Crippen LogP contribution in [0.5, 0.6) is 0 Å². The summed E-state index contributed by atoms with van der Waals surface area (Å²) in [7, 11) is -3.88. The Hall–Kier alpha value is -3.10. The van der Waals surface area contributed by atoms with E-state index in [1.165, 1.54) is 6.07 Å². The first-order valence-corrected chi connectivity index (χ1v) is 12.9. The molecule has 0 saturated carbocycles. The third kappa shape index (κ3) is 5.12. The summed E-state index contributed by atoms with van der Waals surface area (Å²) < 4.78 is 29.4. The number of anilines is 2. The molecule has 0 atom stereocenters. The number of hydrogen-bond donors (Lipinski definition) is 1. The van der Waals surface area contributed by atoms with Gasteiger partial charge < -0.3 is 10.2 Å². The highest BCUT2D eigenvalue weighted by Crippen LogP contribution is 2.35. The van der Waals surface area contributed by atoms with Gasteiger partial charge in [0.25, 0.3) is 15.9 Å². The predicted octanol–water partition coefficient (Wildman–Crippen LogP) is 5.67. The van der Waals surface area contributed by atoms with Crippen LogP contribution in [0.25, 0.3) is 0 Å². The van der Waals surface area contributed by atoms with Crippen molar-refractivity contribution in [1.82, 2.24) is 0 Å². The van der Waals surface area contributed by atoms with Crippen LogP contribution in [0.15, 0.2) is 91.9 Å². The van der Waals surface area contributed by atoms with Crippen LogP contribution in [0, 0.1) is 5.92 Å². The van der Waals surface area contributed by atoms with E-state index in [1.54, 1.807) is 30.8 Å². The number of carbonyl (C=O) groups excluding carboxylic acids is 1. The van der Waals surface area contributed by atoms with Gasteiger partial charge in [-0.15, -0.1) is 4.40 Å². The van der Waals surface area contributed by atoms with E-state index in [0.29, 0.717) is 29.7 Å². The minimum absolute atomic E-state index is 0.0494. The molecule has 170 valence electrons. The number of amides is 1. The van der Waals surface area contributed by atoms with Crippen LogP contribution >= 0.6 is 11.8 Å². The summed E-state index contributed by atoms with van der Waals surface area (Å²) in [5, 5.41) is 2.93. The molecule has 0 bridgehead atoms. The van der Waals surface area contributed by atoms with Crippen LogP contribution in [0.2, 0.25) is 0 Å². The van der Waals surface area contributed by atoms with Crippen molar-refractivity contribution in [3.05, 3.63) is 78.4 Å². The third-order valence-electron chi connectivity index (χ3n) is 5.09. The fourth-order valence-electron chi connectivity index (χ4n) is 3.60. The SMILES string of the molecule is CC1=NS(=O)(=O)c2cc(C(=O)Nc3ccccc3Sc3ccccc3)ccc2N1CC(C)C. The average Bonchev–Trinajstić information content (AvgIpc) is 2.78. The van der Waals surface area contributed by atoms with Crippen LogP contribution < -0.4 is 10.2 Å². The molecule has 0 fully saturated rings. The van der Waals surface area contributed by atoms with Crippen LogP contribution in [-0.2, 0) is 10.0 Å². The minimum atomic E-state index is -3.88. The van der Waals surface area contributed by atoms with Crippen molar-refractivity contribution in [3.8, 4) is 0 Å². The van der Waals surface area contributed by atoms with Crippen molar-refractivity contribution in [2.45, 2.75) is 35.5 Å². The molecule has 1 aliphatic heterocycles. The van der Waals surface area contributed by atoms with E-state index >= 15 is 0 Å². The summed E-state index contributed by atoms with van der Waals surface area (Å²) in [5.41, 5.74) is 1.47. The molecule has 6 nitrogen and oxygen atoms in total. The summed E-state index contributed by atoms with van der Waals surface area (Å²) in [6.45, 7) is 6.43. The molecule has 0 aliphatic carbocycles. The number of carbonyl (C=O) groups is 1. The number of para-hydroxylation sites is 1. The van der Waals surface area contributed by atoms with Gasteiger partial charge in [-0.2, -0.15) is 8.42 Å². The monoisotopic (exact) mass is 479 g/mol. The Morgan fingerprint density at radius 2 is 1.73 bits per heavy atom. The van der Waals surface area contributed by atoms with Crippen molar-refractivity contribution in [1.29, 1.82) is 0 Å². The van der Waals surface area contributed by atoms with Gasteiger partial charge in [0.1, 0.15) is 10.7 Å². The Kier molecular flexibility index (Phi) is 6.58. The number of sulfonamides is 1. The second kappa shape index (κ2) is 9.41. The van der Waals surface area contributed by atoms with E-state index in [2.05, 4.69) is 23.6 Å². The smallest absolute Gasteiger partial charge is 0.286 e. The summed E-state index contributed by atoms with van der Waals surface area (Å²) in [6.07, 6.45) is 0. The molecular formula is C25H25N3O3S2. The van der Waals surface area contributed by atoms with Crippen LogP contribution in [-0.4, -0.2) is 26.7 Å². The third-order valence-corrected chi connectivity index (χ3v) is 7.56. The number of amidine groups is 1. The van der Waals surface area contributed by atoms with E-state index < -0.39 is 10.0 Å². The maximum Gasteiger partial charge on any atom is 0.286 e.